The lowest BCUT2D eigenvalue weighted by Crippen LogP contribution is -2.48. The van der Waals surface area contributed by atoms with Crippen molar-refractivity contribution < 1.29 is 45.0 Å². The third kappa shape index (κ3) is 3.51. The minimum atomic E-state index is -6.36. The molecule has 16 heavy (non-hydrogen) atoms. The molecule has 0 saturated carbocycles. The zero-order valence-corrected chi connectivity index (χ0v) is 7.58. The van der Waals surface area contributed by atoms with Crippen molar-refractivity contribution in [1.29, 1.82) is 0 Å². The normalized spacial score (nSPS) is 13.8. The van der Waals surface area contributed by atoms with Crippen molar-refractivity contribution in [3.05, 3.63) is 0 Å². The van der Waals surface area contributed by atoms with Gasteiger partial charge in [-0.1, -0.05) is 0 Å². The van der Waals surface area contributed by atoms with E-state index < -0.39 is 31.0 Å². The number of esters is 1. The Morgan fingerprint density at radius 3 is 1.81 bits per heavy atom. The largest absolute Gasteiger partial charge is 0.483 e. The molecule has 0 fully saturated rings. The lowest BCUT2D eigenvalue weighted by atomic mass is 10.5. The summed E-state index contributed by atoms with van der Waals surface area (Å²) >= 11 is 0. The van der Waals surface area contributed by atoms with Crippen LogP contribution < -0.4 is 0 Å². The molecule has 0 heterocycles. The van der Waals surface area contributed by atoms with Crippen LogP contribution >= 0.6 is 0 Å². The number of halogens is 7. The molecule has 0 radical (unpaired) electrons. The molecule has 10 heteroatoms. The van der Waals surface area contributed by atoms with Gasteiger partial charge in [0, 0.05) is 0 Å². The van der Waals surface area contributed by atoms with Gasteiger partial charge in [0.2, 0.25) is 0 Å². The second kappa shape index (κ2) is 4.44. The van der Waals surface area contributed by atoms with E-state index in [1.165, 1.54) is 0 Å². The second-order valence-electron chi connectivity index (χ2n) is 2.35. The third-order valence-electron chi connectivity index (χ3n) is 1.10. The Kier molecular flexibility index (Phi) is 4.14. The molecule has 0 bridgehead atoms. The summed E-state index contributed by atoms with van der Waals surface area (Å²) in [6.45, 7) is 0.422. The third-order valence-corrected chi connectivity index (χ3v) is 1.10. The molecule has 0 aliphatic carbocycles. The fraction of sp³-hybridized carbons (Fsp3) is 0.833. The molecule has 0 unspecified atom stereocenters. The lowest BCUT2D eigenvalue weighted by Gasteiger charge is -2.23. The highest BCUT2D eigenvalue weighted by Gasteiger charge is 2.66. The summed E-state index contributed by atoms with van der Waals surface area (Å²) in [7, 11) is 0. The number of carbonyl (C=O) groups is 1. The average Bonchev–Trinajstić information content (AvgIpc) is 2.00. The highest BCUT2D eigenvalue weighted by atomic mass is 19.4. The molecule has 0 aromatic carbocycles. The summed E-state index contributed by atoms with van der Waals surface area (Å²) in [5.74, 6) is -2.63. The van der Waals surface area contributed by atoms with Crippen molar-refractivity contribution in [1.82, 2.24) is 0 Å². The predicted molar refractivity (Wildman–Crippen MR) is 33.7 cm³/mol. The van der Waals surface area contributed by atoms with Gasteiger partial charge in [-0.15, -0.1) is 0 Å². The van der Waals surface area contributed by atoms with Gasteiger partial charge in [-0.05, 0) is 6.92 Å². The van der Waals surface area contributed by atoms with Gasteiger partial charge in [0.1, 0.15) is 0 Å². The Morgan fingerprint density at radius 2 is 1.50 bits per heavy atom. The van der Waals surface area contributed by atoms with Crippen molar-refractivity contribution >= 4 is 5.97 Å². The van der Waals surface area contributed by atoms with E-state index in [0.29, 0.717) is 0 Å². The average molecular weight is 258 g/mol. The summed E-state index contributed by atoms with van der Waals surface area (Å²) < 4.78 is 88.7. The van der Waals surface area contributed by atoms with E-state index in [-0.39, 0.29) is 0 Å². The summed E-state index contributed by atoms with van der Waals surface area (Å²) in [5, 5.41) is 0. The van der Waals surface area contributed by atoms with Crippen molar-refractivity contribution in [2.75, 3.05) is 6.61 Å². The van der Waals surface area contributed by atoms with Crippen molar-refractivity contribution in [2.24, 2.45) is 0 Å². The number of rotatable bonds is 4. The quantitative estimate of drug-likeness (QED) is 0.573. The number of ether oxygens (including phenoxy) is 2. The van der Waals surface area contributed by atoms with Crippen molar-refractivity contribution in [3.8, 4) is 0 Å². The number of alkyl halides is 7. The highest BCUT2D eigenvalue weighted by Crippen LogP contribution is 2.40. The molecule has 0 saturated heterocycles. The first-order valence-corrected chi connectivity index (χ1v) is 3.64. The van der Waals surface area contributed by atoms with E-state index in [4.69, 9.17) is 0 Å². The van der Waals surface area contributed by atoms with Crippen LogP contribution in [0.4, 0.5) is 30.7 Å². The van der Waals surface area contributed by atoms with Gasteiger partial charge in [0.25, 0.3) is 0 Å². The highest BCUT2D eigenvalue weighted by molar-refractivity contribution is 5.75. The zero-order chi connectivity index (χ0) is 13.2. The molecular formula is C6H5F7O3. The Morgan fingerprint density at radius 1 is 1.06 bits per heavy atom. The smallest absolute Gasteiger partial charge is 0.460 e. The fourth-order valence-corrected chi connectivity index (χ4v) is 0.476. The molecule has 0 aliphatic heterocycles. The van der Waals surface area contributed by atoms with Gasteiger partial charge in [0.15, 0.2) is 0 Å². The van der Waals surface area contributed by atoms with Crippen molar-refractivity contribution in [2.45, 2.75) is 25.3 Å². The van der Waals surface area contributed by atoms with E-state index >= 15 is 0 Å². The van der Waals surface area contributed by atoms with E-state index in [9.17, 15) is 35.5 Å². The van der Waals surface area contributed by atoms with Gasteiger partial charge in [-0.3, -0.25) is 0 Å². The van der Waals surface area contributed by atoms with Crippen LogP contribution in [-0.4, -0.2) is 31.0 Å². The van der Waals surface area contributed by atoms with Gasteiger partial charge >= 0.3 is 24.4 Å². The molecule has 0 aromatic heterocycles. The van der Waals surface area contributed by atoms with Crippen LogP contribution in [0, 0.1) is 0 Å². The molecule has 0 spiro atoms. The topological polar surface area (TPSA) is 35.5 Å². The Balaban J connectivity index is 4.77. The monoisotopic (exact) mass is 258 g/mol. The maximum atomic E-state index is 12.4. The minimum absolute atomic E-state index is 0.630. The van der Waals surface area contributed by atoms with Crippen LogP contribution in [0.5, 0.6) is 0 Å². The fourth-order valence-electron chi connectivity index (χ4n) is 0.476. The molecule has 0 N–H and O–H groups in total. The molecular weight excluding hydrogens is 253 g/mol. The zero-order valence-electron chi connectivity index (χ0n) is 7.58. The molecule has 0 aliphatic rings. The van der Waals surface area contributed by atoms with E-state index in [1.54, 1.807) is 0 Å². The number of hydrogen-bond donors (Lipinski definition) is 0. The first kappa shape index (κ1) is 14.9. The maximum Gasteiger partial charge on any atom is 0.483 e. The van der Waals surface area contributed by atoms with Crippen LogP contribution in [0.3, 0.4) is 0 Å². The number of carbonyl (C=O) groups excluding carboxylic acids is 1. The molecule has 0 rings (SSSR count). The van der Waals surface area contributed by atoms with Gasteiger partial charge in [-0.2, -0.15) is 30.7 Å². The predicted octanol–water partition coefficient (Wildman–Crippen LogP) is 2.31. The summed E-state index contributed by atoms with van der Waals surface area (Å²) in [6, 6.07) is 0. The van der Waals surface area contributed by atoms with E-state index in [0.717, 1.165) is 6.92 Å². The van der Waals surface area contributed by atoms with Crippen LogP contribution in [0.2, 0.25) is 0 Å². The standard InChI is InChI=1S/C6H5F7O3/c1-2-15-3(14)4(7,8)16-6(12,13)5(9,10)11/h2H2,1H3. The molecule has 0 atom stereocenters. The van der Waals surface area contributed by atoms with Crippen LogP contribution in [0.1, 0.15) is 6.92 Å². The van der Waals surface area contributed by atoms with Crippen LogP contribution in [-0.2, 0) is 14.3 Å². The van der Waals surface area contributed by atoms with E-state index in [2.05, 4.69) is 9.47 Å². The minimum Gasteiger partial charge on any atom is -0.460 e. The maximum absolute atomic E-state index is 12.4. The van der Waals surface area contributed by atoms with Crippen LogP contribution in [0.15, 0.2) is 0 Å². The number of hydrogen-bond acceptors (Lipinski definition) is 3. The molecule has 0 aromatic rings. The molecule has 3 nitrogen and oxygen atoms in total. The van der Waals surface area contributed by atoms with Crippen LogP contribution in [0.25, 0.3) is 0 Å². The second-order valence-corrected chi connectivity index (χ2v) is 2.35. The van der Waals surface area contributed by atoms with Gasteiger partial charge in [-0.25, -0.2) is 9.53 Å². The summed E-state index contributed by atoms with van der Waals surface area (Å²) in [5.41, 5.74) is 0. The lowest BCUT2D eigenvalue weighted by molar-refractivity contribution is -0.447. The Hall–Kier alpha value is -1.06. The first-order valence-electron chi connectivity index (χ1n) is 3.64. The van der Waals surface area contributed by atoms with Crippen molar-refractivity contribution in [3.63, 3.8) is 0 Å². The molecule has 96 valence electrons. The first-order chi connectivity index (χ1) is 6.94. The van der Waals surface area contributed by atoms with Gasteiger partial charge < -0.3 is 4.74 Å². The summed E-state index contributed by atoms with van der Waals surface area (Å²) in [6.07, 6.45) is -17.9. The summed E-state index contributed by atoms with van der Waals surface area (Å²) in [4.78, 5) is 10.3. The SMILES string of the molecule is CCOC(=O)C(F)(F)OC(F)(F)C(F)(F)F. The van der Waals surface area contributed by atoms with Gasteiger partial charge in [0.05, 0.1) is 6.61 Å². The molecule has 0 amide bonds. The Labute approximate surface area is 84.1 Å². The van der Waals surface area contributed by atoms with E-state index in [1.807, 2.05) is 0 Å². The Bertz CT molecular complexity index is 259.